The molecule has 0 rings (SSSR count). The van der Waals surface area contributed by atoms with Gasteiger partial charge in [0, 0.05) is 0 Å². The summed E-state index contributed by atoms with van der Waals surface area (Å²) in [6.07, 6.45) is 7.25. The van der Waals surface area contributed by atoms with Gasteiger partial charge >= 0.3 is 147 Å². The van der Waals surface area contributed by atoms with Gasteiger partial charge in [-0.05, 0) is 0 Å². The van der Waals surface area contributed by atoms with Crippen LogP contribution in [0.5, 0.6) is 0 Å². The molecule has 0 aliphatic carbocycles. The minimum absolute atomic E-state index is 0.143. The average molecular weight is 435 g/mol. The van der Waals surface area contributed by atoms with Crippen LogP contribution in [0, 0.1) is 0 Å². The van der Waals surface area contributed by atoms with Gasteiger partial charge < -0.3 is 0 Å². The van der Waals surface area contributed by atoms with Gasteiger partial charge in [-0.15, -0.1) is 0 Å². The molecule has 0 aliphatic heterocycles. The number of carbonyl (C=O) groups excluding carboxylic acids is 2. The second-order valence-corrected chi connectivity index (χ2v) is 17.9. The summed E-state index contributed by atoms with van der Waals surface area (Å²) in [5.41, 5.74) is 0. The SMILES string of the molecule is CCC[CH2][Sn]([CH2]CCC)([CH2]CCC)[O]C(=O)CCC(=O)OCC. The van der Waals surface area contributed by atoms with Crippen LogP contribution in [0.15, 0.2) is 0 Å². The van der Waals surface area contributed by atoms with Gasteiger partial charge in [0.05, 0.1) is 0 Å². The van der Waals surface area contributed by atoms with Gasteiger partial charge in [0.25, 0.3) is 0 Å². The molecule has 0 saturated heterocycles. The molecule has 0 heterocycles. The molecule has 0 atom stereocenters. The Morgan fingerprint density at radius 1 is 0.739 bits per heavy atom. The van der Waals surface area contributed by atoms with E-state index in [1.54, 1.807) is 6.92 Å². The Morgan fingerprint density at radius 2 is 1.17 bits per heavy atom. The Hall–Kier alpha value is -0.261. The average Bonchev–Trinajstić information content (AvgIpc) is 2.54. The minimum atomic E-state index is -2.87. The summed E-state index contributed by atoms with van der Waals surface area (Å²) < 4.78 is 14.4. The van der Waals surface area contributed by atoms with Gasteiger partial charge in [-0.2, -0.15) is 0 Å². The molecule has 0 aromatic carbocycles. The van der Waals surface area contributed by atoms with E-state index in [1.165, 1.54) is 0 Å². The van der Waals surface area contributed by atoms with Crippen molar-refractivity contribution >= 4 is 30.7 Å². The van der Waals surface area contributed by atoms with E-state index in [2.05, 4.69) is 20.8 Å². The van der Waals surface area contributed by atoms with Crippen LogP contribution in [0.2, 0.25) is 13.3 Å². The summed E-state index contributed by atoms with van der Waals surface area (Å²) in [4.78, 5) is 23.7. The molecular formula is C18H36O4Sn. The summed E-state index contributed by atoms with van der Waals surface area (Å²) in [5, 5.41) is 0. The maximum atomic E-state index is 12.3. The first-order valence-electron chi connectivity index (χ1n) is 9.41. The molecule has 0 spiro atoms. The van der Waals surface area contributed by atoms with Crippen LogP contribution in [-0.4, -0.2) is 37.3 Å². The molecule has 0 N–H and O–H groups in total. The van der Waals surface area contributed by atoms with Crippen LogP contribution in [-0.2, 0) is 17.4 Å². The number of esters is 1. The second-order valence-electron chi connectivity index (χ2n) is 6.27. The molecule has 4 nitrogen and oxygen atoms in total. The molecule has 0 unspecified atom stereocenters. The van der Waals surface area contributed by atoms with Crippen molar-refractivity contribution in [1.82, 2.24) is 0 Å². The van der Waals surface area contributed by atoms with E-state index in [9.17, 15) is 9.59 Å². The van der Waals surface area contributed by atoms with Crippen molar-refractivity contribution in [3.63, 3.8) is 0 Å². The molecule has 0 fully saturated rings. The zero-order valence-electron chi connectivity index (χ0n) is 15.6. The van der Waals surface area contributed by atoms with E-state index in [0.29, 0.717) is 6.61 Å². The predicted molar refractivity (Wildman–Crippen MR) is 96.9 cm³/mol. The van der Waals surface area contributed by atoms with Crippen LogP contribution >= 0.6 is 0 Å². The van der Waals surface area contributed by atoms with Crippen LogP contribution in [0.1, 0.15) is 79.1 Å². The molecule has 0 bridgehead atoms. The summed E-state index contributed by atoms with van der Waals surface area (Å²) in [5.74, 6) is -0.474. The van der Waals surface area contributed by atoms with Crippen molar-refractivity contribution in [1.29, 1.82) is 0 Å². The van der Waals surface area contributed by atoms with Gasteiger partial charge in [-0.1, -0.05) is 0 Å². The number of hydrogen-bond donors (Lipinski definition) is 0. The summed E-state index contributed by atoms with van der Waals surface area (Å²) in [7, 11) is 0. The van der Waals surface area contributed by atoms with E-state index in [0.717, 1.165) is 51.8 Å². The number of ether oxygens (including phenoxy) is 1. The third kappa shape index (κ3) is 11.0. The molecule has 0 amide bonds. The van der Waals surface area contributed by atoms with Crippen LogP contribution in [0.4, 0.5) is 0 Å². The normalized spacial score (nSPS) is 11.3. The van der Waals surface area contributed by atoms with E-state index in [1.807, 2.05) is 0 Å². The molecular weight excluding hydrogens is 399 g/mol. The monoisotopic (exact) mass is 436 g/mol. The zero-order chi connectivity index (χ0) is 17.6. The molecule has 0 aliphatic rings. The third-order valence-electron chi connectivity index (χ3n) is 4.13. The molecule has 0 radical (unpaired) electrons. The van der Waals surface area contributed by atoms with Gasteiger partial charge in [-0.25, -0.2) is 0 Å². The maximum absolute atomic E-state index is 12.3. The third-order valence-corrected chi connectivity index (χ3v) is 16.8. The predicted octanol–water partition coefficient (Wildman–Crippen LogP) is 5.22. The quantitative estimate of drug-likeness (QED) is 0.278. The Balaban J connectivity index is 4.72. The second kappa shape index (κ2) is 14.1. The van der Waals surface area contributed by atoms with Crippen molar-refractivity contribution in [2.24, 2.45) is 0 Å². The molecule has 0 aromatic rings. The van der Waals surface area contributed by atoms with Gasteiger partial charge in [0.1, 0.15) is 0 Å². The van der Waals surface area contributed by atoms with Crippen molar-refractivity contribution in [2.45, 2.75) is 92.4 Å². The first-order valence-corrected chi connectivity index (χ1v) is 16.6. The van der Waals surface area contributed by atoms with Crippen molar-refractivity contribution in [3.8, 4) is 0 Å². The van der Waals surface area contributed by atoms with Crippen molar-refractivity contribution in [2.75, 3.05) is 6.61 Å². The summed E-state index contributed by atoms with van der Waals surface area (Å²) >= 11 is -2.87. The van der Waals surface area contributed by atoms with E-state index >= 15 is 0 Å². The fraction of sp³-hybridized carbons (Fsp3) is 0.889. The number of rotatable bonds is 14. The molecule has 0 saturated carbocycles. The molecule has 136 valence electrons. The van der Waals surface area contributed by atoms with E-state index < -0.39 is 18.8 Å². The Kier molecular flexibility index (Phi) is 14.0. The van der Waals surface area contributed by atoms with Crippen LogP contribution < -0.4 is 0 Å². The van der Waals surface area contributed by atoms with Crippen LogP contribution in [0.25, 0.3) is 0 Å². The van der Waals surface area contributed by atoms with Gasteiger partial charge in [-0.3, -0.25) is 0 Å². The number of hydrogen-bond acceptors (Lipinski definition) is 4. The zero-order valence-corrected chi connectivity index (χ0v) is 18.5. The number of carbonyl (C=O) groups is 2. The molecule has 0 aromatic heterocycles. The standard InChI is InChI=1S/C6H10O4.3C4H9.Sn/c1-2-10-6(9)4-3-5(7)8;3*1-3-4-2;/h2-4H2,1H3,(H,7,8);3*1,3-4H2,2H3;/q;;;;+1/p-1. The first kappa shape index (κ1) is 22.7. The van der Waals surface area contributed by atoms with E-state index in [4.69, 9.17) is 7.81 Å². The first-order chi connectivity index (χ1) is 11.0. The fourth-order valence-corrected chi connectivity index (χ4v) is 16.0. The topological polar surface area (TPSA) is 52.6 Å². The Morgan fingerprint density at radius 3 is 1.57 bits per heavy atom. The van der Waals surface area contributed by atoms with Crippen LogP contribution in [0.3, 0.4) is 0 Å². The van der Waals surface area contributed by atoms with E-state index in [-0.39, 0.29) is 24.8 Å². The van der Waals surface area contributed by atoms with Gasteiger partial charge in [0.2, 0.25) is 0 Å². The Labute approximate surface area is 147 Å². The van der Waals surface area contributed by atoms with Crippen molar-refractivity contribution < 1.29 is 17.4 Å². The summed E-state index contributed by atoms with van der Waals surface area (Å²) in [6, 6.07) is 0. The number of unbranched alkanes of at least 4 members (excludes halogenated alkanes) is 3. The van der Waals surface area contributed by atoms with Crippen molar-refractivity contribution in [3.05, 3.63) is 0 Å². The summed E-state index contributed by atoms with van der Waals surface area (Å²) in [6.45, 7) is 8.72. The molecule has 23 heavy (non-hydrogen) atoms. The van der Waals surface area contributed by atoms with Gasteiger partial charge in [0.15, 0.2) is 0 Å². The molecule has 5 heteroatoms. The fourth-order valence-electron chi connectivity index (χ4n) is 2.75. The Bertz CT molecular complexity index is 309.